The quantitative estimate of drug-likeness (QED) is 0.767. The summed E-state index contributed by atoms with van der Waals surface area (Å²) in [6, 6.07) is 1.90. The summed E-state index contributed by atoms with van der Waals surface area (Å²) in [7, 11) is 0. The molecule has 1 aromatic rings. The van der Waals surface area contributed by atoms with Gasteiger partial charge in [0, 0.05) is 18.3 Å². The minimum absolute atomic E-state index is 0.331. The number of nitrogens with one attached hydrogen (secondary N) is 1. The Labute approximate surface area is 85.0 Å². The van der Waals surface area contributed by atoms with Crippen molar-refractivity contribution in [3.63, 3.8) is 0 Å². The van der Waals surface area contributed by atoms with Crippen LogP contribution < -0.4 is 11.1 Å². The van der Waals surface area contributed by atoms with Crippen LogP contribution in [0.5, 0.6) is 0 Å². The summed E-state index contributed by atoms with van der Waals surface area (Å²) in [5.74, 6) is 1.84. The third kappa shape index (κ3) is 3.60. The first kappa shape index (κ1) is 10.8. The van der Waals surface area contributed by atoms with Crippen LogP contribution in [-0.4, -0.2) is 16.5 Å². The zero-order valence-corrected chi connectivity index (χ0v) is 9.04. The lowest BCUT2D eigenvalue weighted by molar-refractivity contribution is 0.606. The monoisotopic (exact) mass is 194 g/mol. The van der Waals surface area contributed by atoms with E-state index in [0.29, 0.717) is 11.9 Å². The summed E-state index contributed by atoms with van der Waals surface area (Å²) in [6.07, 6.45) is 1.13. The van der Waals surface area contributed by atoms with Gasteiger partial charge >= 0.3 is 0 Å². The molecule has 4 nitrogen and oxygen atoms in total. The Balaban J connectivity index is 2.50. The molecule has 0 atom stereocenters. The van der Waals surface area contributed by atoms with Crippen LogP contribution >= 0.6 is 0 Å². The van der Waals surface area contributed by atoms with E-state index in [4.69, 9.17) is 5.73 Å². The molecular weight excluding hydrogens is 176 g/mol. The lowest BCUT2D eigenvalue weighted by Gasteiger charge is -2.08. The summed E-state index contributed by atoms with van der Waals surface area (Å²) < 4.78 is 0. The lowest BCUT2D eigenvalue weighted by atomic mass is 10.1. The molecule has 0 radical (unpaired) electrons. The third-order valence-corrected chi connectivity index (χ3v) is 1.90. The van der Waals surface area contributed by atoms with Crippen LogP contribution in [0.1, 0.15) is 26.0 Å². The van der Waals surface area contributed by atoms with Gasteiger partial charge in [0.05, 0.1) is 0 Å². The number of aryl methyl sites for hydroxylation is 1. The van der Waals surface area contributed by atoms with Gasteiger partial charge < -0.3 is 11.1 Å². The largest absolute Gasteiger partial charge is 0.370 e. The smallest absolute Gasteiger partial charge is 0.222 e. The van der Waals surface area contributed by atoms with E-state index in [1.54, 1.807) is 0 Å². The van der Waals surface area contributed by atoms with Crippen molar-refractivity contribution in [1.29, 1.82) is 0 Å². The van der Waals surface area contributed by atoms with Gasteiger partial charge in [-0.25, -0.2) is 4.98 Å². The van der Waals surface area contributed by atoms with Crippen molar-refractivity contribution in [1.82, 2.24) is 9.97 Å². The Morgan fingerprint density at radius 2 is 2.14 bits per heavy atom. The van der Waals surface area contributed by atoms with Crippen molar-refractivity contribution in [2.24, 2.45) is 5.92 Å². The average molecular weight is 194 g/mol. The van der Waals surface area contributed by atoms with Crippen LogP contribution in [0.4, 0.5) is 11.8 Å². The van der Waals surface area contributed by atoms with E-state index in [2.05, 4.69) is 29.1 Å². The first-order chi connectivity index (χ1) is 6.58. The third-order valence-electron chi connectivity index (χ3n) is 1.90. The molecule has 14 heavy (non-hydrogen) atoms. The lowest BCUT2D eigenvalue weighted by Crippen LogP contribution is -2.08. The van der Waals surface area contributed by atoms with Crippen molar-refractivity contribution < 1.29 is 0 Å². The molecule has 0 saturated heterocycles. The van der Waals surface area contributed by atoms with Crippen LogP contribution in [0.25, 0.3) is 0 Å². The molecule has 1 heterocycles. The van der Waals surface area contributed by atoms with E-state index < -0.39 is 0 Å². The number of aromatic nitrogens is 2. The second-order valence-corrected chi connectivity index (χ2v) is 3.86. The maximum absolute atomic E-state index is 5.53. The van der Waals surface area contributed by atoms with Crippen LogP contribution in [-0.2, 0) is 0 Å². The standard InChI is InChI=1S/C10H18N4/c1-7(2)4-5-12-9-6-8(3)13-10(11)14-9/h6-7H,4-5H2,1-3H3,(H3,11,12,13,14). The number of nitrogen functional groups attached to an aromatic ring is 1. The molecule has 0 saturated carbocycles. The van der Waals surface area contributed by atoms with Gasteiger partial charge in [-0.3, -0.25) is 0 Å². The van der Waals surface area contributed by atoms with Gasteiger partial charge in [-0.05, 0) is 19.3 Å². The van der Waals surface area contributed by atoms with Crippen LogP contribution in [0.15, 0.2) is 6.07 Å². The SMILES string of the molecule is Cc1cc(NCCC(C)C)nc(N)n1. The highest BCUT2D eigenvalue weighted by Crippen LogP contribution is 2.08. The number of hydrogen-bond acceptors (Lipinski definition) is 4. The van der Waals surface area contributed by atoms with Gasteiger partial charge in [0.1, 0.15) is 5.82 Å². The molecule has 0 aliphatic carbocycles. The Bertz CT molecular complexity index is 276. The van der Waals surface area contributed by atoms with E-state index in [1.807, 2.05) is 13.0 Å². The fourth-order valence-corrected chi connectivity index (χ4v) is 1.17. The fraction of sp³-hybridized carbons (Fsp3) is 0.600. The molecular formula is C10H18N4. The fourth-order valence-electron chi connectivity index (χ4n) is 1.17. The molecule has 0 aliphatic heterocycles. The van der Waals surface area contributed by atoms with Crippen LogP contribution in [0.3, 0.4) is 0 Å². The summed E-state index contributed by atoms with van der Waals surface area (Å²) in [4.78, 5) is 8.09. The molecule has 0 aromatic carbocycles. The second kappa shape index (κ2) is 4.79. The number of anilines is 2. The van der Waals surface area contributed by atoms with Crippen LogP contribution in [0, 0.1) is 12.8 Å². The van der Waals surface area contributed by atoms with Gasteiger partial charge in [-0.15, -0.1) is 0 Å². The predicted octanol–water partition coefficient (Wildman–Crippen LogP) is 1.83. The van der Waals surface area contributed by atoms with Gasteiger partial charge in [0.25, 0.3) is 0 Å². The molecule has 0 bridgehead atoms. The van der Waals surface area contributed by atoms with Gasteiger partial charge in [-0.2, -0.15) is 4.98 Å². The predicted molar refractivity (Wildman–Crippen MR) is 59.1 cm³/mol. The summed E-state index contributed by atoms with van der Waals surface area (Å²) >= 11 is 0. The van der Waals surface area contributed by atoms with E-state index in [0.717, 1.165) is 24.5 Å². The Hall–Kier alpha value is -1.32. The molecule has 0 fully saturated rings. The molecule has 3 N–H and O–H groups in total. The second-order valence-electron chi connectivity index (χ2n) is 3.86. The number of rotatable bonds is 4. The minimum atomic E-state index is 0.331. The first-order valence-corrected chi connectivity index (χ1v) is 4.93. The van der Waals surface area contributed by atoms with Gasteiger partial charge in [-0.1, -0.05) is 13.8 Å². The minimum Gasteiger partial charge on any atom is -0.370 e. The maximum Gasteiger partial charge on any atom is 0.222 e. The molecule has 0 unspecified atom stereocenters. The summed E-state index contributed by atoms with van der Waals surface area (Å²) in [5, 5.41) is 3.23. The summed E-state index contributed by atoms with van der Waals surface area (Å²) in [5.41, 5.74) is 6.42. The number of nitrogens with zero attached hydrogens (tertiary/aromatic N) is 2. The maximum atomic E-state index is 5.53. The van der Waals surface area contributed by atoms with Crippen molar-refractivity contribution in [3.8, 4) is 0 Å². The normalized spacial score (nSPS) is 10.6. The average Bonchev–Trinajstić information content (AvgIpc) is 2.01. The molecule has 0 aliphatic rings. The molecule has 0 spiro atoms. The van der Waals surface area contributed by atoms with E-state index in [1.165, 1.54) is 0 Å². The molecule has 1 rings (SSSR count). The van der Waals surface area contributed by atoms with Crippen LogP contribution in [0.2, 0.25) is 0 Å². The van der Waals surface area contributed by atoms with E-state index in [-0.39, 0.29) is 0 Å². The number of nitrogens with two attached hydrogens (primary N) is 1. The molecule has 78 valence electrons. The van der Waals surface area contributed by atoms with Crippen molar-refractivity contribution in [2.75, 3.05) is 17.6 Å². The Morgan fingerprint density at radius 1 is 1.43 bits per heavy atom. The Morgan fingerprint density at radius 3 is 2.71 bits per heavy atom. The van der Waals surface area contributed by atoms with Crippen molar-refractivity contribution >= 4 is 11.8 Å². The van der Waals surface area contributed by atoms with Gasteiger partial charge in [0.15, 0.2) is 0 Å². The highest BCUT2D eigenvalue weighted by Gasteiger charge is 1.99. The Kier molecular flexibility index (Phi) is 3.68. The highest BCUT2D eigenvalue weighted by atomic mass is 15.1. The summed E-state index contributed by atoms with van der Waals surface area (Å²) in [6.45, 7) is 7.22. The highest BCUT2D eigenvalue weighted by molar-refractivity contribution is 5.39. The zero-order chi connectivity index (χ0) is 10.6. The molecule has 1 aromatic heterocycles. The first-order valence-electron chi connectivity index (χ1n) is 4.93. The molecule has 0 amide bonds. The number of hydrogen-bond donors (Lipinski definition) is 2. The van der Waals surface area contributed by atoms with E-state index >= 15 is 0 Å². The van der Waals surface area contributed by atoms with Crippen molar-refractivity contribution in [2.45, 2.75) is 27.2 Å². The van der Waals surface area contributed by atoms with E-state index in [9.17, 15) is 0 Å². The molecule has 4 heteroatoms. The zero-order valence-electron chi connectivity index (χ0n) is 9.04. The van der Waals surface area contributed by atoms with Gasteiger partial charge in [0.2, 0.25) is 5.95 Å². The van der Waals surface area contributed by atoms with Crippen molar-refractivity contribution in [3.05, 3.63) is 11.8 Å². The topological polar surface area (TPSA) is 63.8 Å².